The lowest BCUT2D eigenvalue weighted by Gasteiger charge is -1.85. The quantitative estimate of drug-likeness (QED) is 0.337. The van der Waals surface area contributed by atoms with Crippen molar-refractivity contribution in [1.82, 2.24) is 5.43 Å². The average molecular weight is 153 g/mol. The van der Waals surface area contributed by atoms with Gasteiger partial charge in [0.25, 0.3) is 0 Å². The predicted octanol–water partition coefficient (Wildman–Crippen LogP) is 0.444. The number of nitrogens with two attached hydrogens (primary N) is 1. The van der Waals surface area contributed by atoms with E-state index in [0.717, 1.165) is 12.8 Å². The summed E-state index contributed by atoms with van der Waals surface area (Å²) in [6.45, 7) is 2.04. The van der Waals surface area contributed by atoms with Gasteiger partial charge in [-0.3, -0.25) is 0 Å². The summed E-state index contributed by atoms with van der Waals surface area (Å²) in [6, 6.07) is -0.682. The summed E-state index contributed by atoms with van der Waals surface area (Å²) in [5.74, 6) is 5.45. The molecule has 4 nitrogen and oxygen atoms in total. The van der Waals surface area contributed by atoms with Gasteiger partial charge in [-0.05, 0) is 6.42 Å². The molecule has 0 aromatic heterocycles. The molecule has 0 unspecified atom stereocenters. The number of urea groups is 1. The number of primary amides is 1. The molecule has 0 spiro atoms. The van der Waals surface area contributed by atoms with Gasteiger partial charge in [-0.15, -0.1) is 0 Å². The van der Waals surface area contributed by atoms with Crippen molar-refractivity contribution in [3.8, 4) is 11.8 Å². The molecule has 0 heterocycles. The second kappa shape index (κ2) is 6.62. The molecule has 0 aliphatic rings. The van der Waals surface area contributed by atoms with E-state index in [-0.39, 0.29) is 0 Å². The van der Waals surface area contributed by atoms with Crippen molar-refractivity contribution in [3.05, 3.63) is 0 Å². The molecule has 0 bridgehead atoms. The summed E-state index contributed by atoms with van der Waals surface area (Å²) < 4.78 is 0. The van der Waals surface area contributed by atoms with E-state index in [0.29, 0.717) is 0 Å². The van der Waals surface area contributed by atoms with Crippen LogP contribution in [0.25, 0.3) is 0 Å². The molecule has 0 fully saturated rings. The summed E-state index contributed by atoms with van der Waals surface area (Å²) in [4.78, 5) is 10.0. The molecule has 11 heavy (non-hydrogen) atoms. The predicted molar refractivity (Wildman–Crippen MR) is 43.9 cm³/mol. The Hall–Kier alpha value is -1.50. The molecule has 60 valence electrons. The molecule has 0 atom stereocenters. The van der Waals surface area contributed by atoms with Crippen LogP contribution in [0.1, 0.15) is 19.8 Å². The Bertz CT molecular complexity index is 199. The van der Waals surface area contributed by atoms with Crippen molar-refractivity contribution in [2.24, 2.45) is 10.8 Å². The number of nitrogens with one attached hydrogen (secondary N) is 1. The number of unbranched alkanes of at least 4 members (excludes halogenated alkanes) is 1. The van der Waals surface area contributed by atoms with E-state index < -0.39 is 6.03 Å². The fourth-order valence-electron chi connectivity index (χ4n) is 0.371. The first-order chi connectivity index (χ1) is 5.27. The second-order valence-electron chi connectivity index (χ2n) is 1.81. The van der Waals surface area contributed by atoms with Crippen LogP contribution < -0.4 is 11.2 Å². The van der Waals surface area contributed by atoms with E-state index in [2.05, 4.69) is 16.9 Å². The Morgan fingerprint density at radius 2 is 2.55 bits per heavy atom. The summed E-state index contributed by atoms with van der Waals surface area (Å²) in [5.41, 5.74) is 6.75. The average Bonchev–Trinajstić information content (AvgIpc) is 1.96. The fourth-order valence-corrected chi connectivity index (χ4v) is 0.371. The minimum atomic E-state index is -0.682. The zero-order chi connectivity index (χ0) is 8.53. The van der Waals surface area contributed by atoms with Crippen LogP contribution in [0.3, 0.4) is 0 Å². The summed E-state index contributed by atoms with van der Waals surface area (Å²) in [7, 11) is 0. The van der Waals surface area contributed by atoms with Crippen LogP contribution >= 0.6 is 0 Å². The Morgan fingerprint density at radius 1 is 1.82 bits per heavy atom. The Morgan fingerprint density at radius 3 is 3.09 bits per heavy atom. The lowest BCUT2D eigenvalue weighted by Crippen LogP contribution is -2.24. The van der Waals surface area contributed by atoms with Gasteiger partial charge in [0.1, 0.15) is 0 Å². The maximum atomic E-state index is 10.0. The zero-order valence-electron chi connectivity index (χ0n) is 6.42. The van der Waals surface area contributed by atoms with Crippen LogP contribution in [0, 0.1) is 11.8 Å². The van der Waals surface area contributed by atoms with Crippen LogP contribution in [-0.4, -0.2) is 12.2 Å². The SMILES string of the molecule is CCCC#C/C=N/NC(N)=O. The van der Waals surface area contributed by atoms with Gasteiger partial charge in [-0.25, -0.2) is 10.2 Å². The van der Waals surface area contributed by atoms with Crippen molar-refractivity contribution in [1.29, 1.82) is 0 Å². The molecule has 0 saturated heterocycles. The van der Waals surface area contributed by atoms with Gasteiger partial charge in [-0.2, -0.15) is 5.10 Å². The molecule has 0 aromatic carbocycles. The van der Waals surface area contributed by atoms with Crippen LogP contribution in [0.15, 0.2) is 5.10 Å². The first kappa shape index (κ1) is 9.50. The van der Waals surface area contributed by atoms with E-state index >= 15 is 0 Å². The molecule has 4 heteroatoms. The van der Waals surface area contributed by atoms with Crippen LogP contribution in [0.2, 0.25) is 0 Å². The van der Waals surface area contributed by atoms with Crippen molar-refractivity contribution in [3.63, 3.8) is 0 Å². The topological polar surface area (TPSA) is 67.5 Å². The summed E-state index contributed by atoms with van der Waals surface area (Å²) >= 11 is 0. The van der Waals surface area contributed by atoms with E-state index in [1.807, 2.05) is 12.3 Å². The molecule has 0 aromatic rings. The van der Waals surface area contributed by atoms with Crippen molar-refractivity contribution in [2.75, 3.05) is 0 Å². The minimum Gasteiger partial charge on any atom is -0.350 e. The number of carbonyl (C=O) groups is 1. The first-order valence-electron chi connectivity index (χ1n) is 3.32. The number of hydrogen-bond donors (Lipinski definition) is 2. The van der Waals surface area contributed by atoms with Crippen LogP contribution in [0.5, 0.6) is 0 Å². The Kier molecular flexibility index (Phi) is 5.72. The third-order valence-electron chi connectivity index (χ3n) is 0.781. The van der Waals surface area contributed by atoms with Gasteiger partial charge < -0.3 is 5.73 Å². The lowest BCUT2D eigenvalue weighted by atomic mass is 10.3. The molecule has 0 rings (SSSR count). The fraction of sp³-hybridized carbons (Fsp3) is 0.429. The van der Waals surface area contributed by atoms with Gasteiger partial charge >= 0.3 is 6.03 Å². The van der Waals surface area contributed by atoms with Crippen molar-refractivity contribution in [2.45, 2.75) is 19.8 Å². The monoisotopic (exact) mass is 153 g/mol. The number of nitrogens with zero attached hydrogens (tertiary/aromatic N) is 1. The molecule has 3 N–H and O–H groups in total. The van der Waals surface area contributed by atoms with Gasteiger partial charge in [0.2, 0.25) is 0 Å². The molecule has 0 aliphatic carbocycles. The van der Waals surface area contributed by atoms with Gasteiger partial charge in [0.15, 0.2) is 0 Å². The maximum absolute atomic E-state index is 10.0. The third kappa shape index (κ3) is 8.50. The number of hydrazone groups is 1. The molecular formula is C7H11N3O. The standard InChI is InChI=1S/C7H11N3O/c1-2-3-4-5-6-9-10-7(8)11/h6H,2-3H2,1H3,(H3,8,10,11)/b9-6+. The van der Waals surface area contributed by atoms with Crippen LogP contribution in [-0.2, 0) is 0 Å². The van der Waals surface area contributed by atoms with Gasteiger partial charge in [-0.1, -0.05) is 18.8 Å². The van der Waals surface area contributed by atoms with Gasteiger partial charge in [0.05, 0.1) is 6.21 Å². The van der Waals surface area contributed by atoms with Crippen molar-refractivity contribution >= 4 is 12.2 Å². The Balaban J connectivity index is 3.45. The first-order valence-corrected chi connectivity index (χ1v) is 3.32. The summed E-state index contributed by atoms with van der Waals surface area (Å²) in [6.07, 6.45) is 3.16. The number of hydrogen-bond acceptors (Lipinski definition) is 2. The highest BCUT2D eigenvalue weighted by molar-refractivity contribution is 5.80. The Labute approximate surface area is 65.8 Å². The smallest absolute Gasteiger partial charge is 0.332 e. The van der Waals surface area contributed by atoms with E-state index in [1.54, 1.807) is 0 Å². The highest BCUT2D eigenvalue weighted by atomic mass is 16.2. The number of amides is 2. The second-order valence-corrected chi connectivity index (χ2v) is 1.81. The normalized spacial score (nSPS) is 8.82. The highest BCUT2D eigenvalue weighted by Gasteiger charge is 1.80. The number of rotatable bonds is 2. The number of carbonyl (C=O) groups excluding carboxylic acids is 1. The molecule has 0 radical (unpaired) electrons. The molecular weight excluding hydrogens is 142 g/mol. The van der Waals surface area contributed by atoms with E-state index in [1.165, 1.54) is 6.21 Å². The zero-order valence-corrected chi connectivity index (χ0v) is 6.42. The minimum absolute atomic E-state index is 0.682. The van der Waals surface area contributed by atoms with E-state index in [9.17, 15) is 4.79 Å². The van der Waals surface area contributed by atoms with E-state index in [4.69, 9.17) is 5.73 Å². The maximum Gasteiger partial charge on any atom is 0.332 e. The molecule has 0 aliphatic heterocycles. The highest BCUT2D eigenvalue weighted by Crippen LogP contribution is 1.79. The third-order valence-corrected chi connectivity index (χ3v) is 0.781. The van der Waals surface area contributed by atoms with Crippen LogP contribution in [0.4, 0.5) is 4.79 Å². The molecule has 0 saturated carbocycles. The van der Waals surface area contributed by atoms with Gasteiger partial charge in [0, 0.05) is 6.42 Å². The van der Waals surface area contributed by atoms with Crippen molar-refractivity contribution < 1.29 is 4.79 Å². The largest absolute Gasteiger partial charge is 0.350 e. The molecule has 2 amide bonds. The lowest BCUT2D eigenvalue weighted by molar-refractivity contribution is 0.249. The summed E-state index contributed by atoms with van der Waals surface area (Å²) in [5, 5.41) is 3.42.